The molecule has 0 aliphatic heterocycles. The maximum atomic E-state index is 11.7. The number of rotatable bonds is 5. The van der Waals surface area contributed by atoms with Gasteiger partial charge in [0.05, 0.1) is 0 Å². The minimum absolute atomic E-state index is 0.000553. The average molecular weight is 231 g/mol. The lowest BCUT2D eigenvalue weighted by Gasteiger charge is -2.07. The van der Waals surface area contributed by atoms with E-state index in [0.717, 1.165) is 24.1 Å². The zero-order valence-electron chi connectivity index (χ0n) is 10.9. The van der Waals surface area contributed by atoms with Gasteiger partial charge in [-0.3, -0.25) is 4.79 Å². The summed E-state index contributed by atoms with van der Waals surface area (Å²) in [6.07, 6.45) is 2.57. The predicted molar refractivity (Wildman–Crippen MR) is 72.6 cm³/mol. The van der Waals surface area contributed by atoms with Crippen LogP contribution in [0.5, 0.6) is 0 Å². The molecular formula is C15H21NO. The lowest BCUT2D eigenvalue weighted by Crippen LogP contribution is -2.25. The molecule has 0 atom stereocenters. The molecule has 0 aliphatic carbocycles. The summed E-state index contributed by atoms with van der Waals surface area (Å²) in [7, 11) is 0. The standard InChI is InChI=1S/C15H21NO/c1-4-13(14-8-6-5-7-9-14)10-15(17)16-11-12(2)3/h5-10,12H,4,11H2,1-3H3,(H,16,17)/b13-10+. The van der Waals surface area contributed by atoms with Crippen molar-refractivity contribution in [1.82, 2.24) is 5.32 Å². The number of hydrogen-bond donors (Lipinski definition) is 1. The quantitative estimate of drug-likeness (QED) is 0.774. The highest BCUT2D eigenvalue weighted by Gasteiger charge is 2.03. The normalized spacial score (nSPS) is 11.6. The highest BCUT2D eigenvalue weighted by molar-refractivity contribution is 5.95. The second kappa shape index (κ2) is 6.89. The van der Waals surface area contributed by atoms with E-state index >= 15 is 0 Å². The van der Waals surface area contributed by atoms with Crippen LogP contribution in [0, 0.1) is 5.92 Å². The maximum absolute atomic E-state index is 11.7. The Bertz CT molecular complexity index is 379. The summed E-state index contributed by atoms with van der Waals surface area (Å²) in [5.74, 6) is 0.480. The molecule has 1 amide bonds. The third-order valence-corrected chi connectivity index (χ3v) is 2.52. The molecule has 0 heterocycles. The van der Waals surface area contributed by atoms with Crippen molar-refractivity contribution in [3.63, 3.8) is 0 Å². The highest BCUT2D eigenvalue weighted by atomic mass is 16.1. The molecule has 0 unspecified atom stereocenters. The number of carbonyl (C=O) groups is 1. The van der Waals surface area contributed by atoms with Gasteiger partial charge >= 0.3 is 0 Å². The SMILES string of the molecule is CC/C(=C\C(=O)NCC(C)C)c1ccccc1. The fourth-order valence-electron chi connectivity index (χ4n) is 1.56. The summed E-state index contributed by atoms with van der Waals surface area (Å²) < 4.78 is 0. The number of allylic oxidation sites excluding steroid dienone is 1. The summed E-state index contributed by atoms with van der Waals surface area (Å²) in [5, 5.41) is 2.90. The van der Waals surface area contributed by atoms with Crippen LogP contribution in [-0.4, -0.2) is 12.5 Å². The van der Waals surface area contributed by atoms with Crippen LogP contribution in [-0.2, 0) is 4.79 Å². The Morgan fingerprint density at radius 2 is 1.94 bits per heavy atom. The van der Waals surface area contributed by atoms with E-state index in [1.54, 1.807) is 6.08 Å². The zero-order chi connectivity index (χ0) is 12.7. The topological polar surface area (TPSA) is 29.1 Å². The second-order valence-electron chi connectivity index (χ2n) is 4.53. The number of benzene rings is 1. The first-order valence-electron chi connectivity index (χ1n) is 6.17. The molecule has 0 aliphatic rings. The zero-order valence-corrected chi connectivity index (χ0v) is 10.9. The van der Waals surface area contributed by atoms with Crippen molar-refractivity contribution in [3.8, 4) is 0 Å². The maximum Gasteiger partial charge on any atom is 0.244 e. The molecule has 0 bridgehead atoms. The van der Waals surface area contributed by atoms with Crippen molar-refractivity contribution in [2.24, 2.45) is 5.92 Å². The van der Waals surface area contributed by atoms with Gasteiger partial charge in [0.1, 0.15) is 0 Å². The Labute approximate surface area is 104 Å². The van der Waals surface area contributed by atoms with Gasteiger partial charge in [0.15, 0.2) is 0 Å². The molecule has 2 heteroatoms. The van der Waals surface area contributed by atoms with E-state index in [2.05, 4.69) is 26.1 Å². The molecule has 1 aromatic rings. The van der Waals surface area contributed by atoms with Gasteiger partial charge < -0.3 is 5.32 Å². The molecule has 92 valence electrons. The summed E-state index contributed by atoms with van der Waals surface area (Å²) >= 11 is 0. The summed E-state index contributed by atoms with van der Waals surface area (Å²) in [5.41, 5.74) is 2.20. The molecule has 1 aromatic carbocycles. The first kappa shape index (κ1) is 13.5. The van der Waals surface area contributed by atoms with Crippen molar-refractivity contribution in [2.75, 3.05) is 6.54 Å². The Hall–Kier alpha value is -1.57. The van der Waals surface area contributed by atoms with E-state index in [-0.39, 0.29) is 5.91 Å². The van der Waals surface area contributed by atoms with E-state index < -0.39 is 0 Å². The Balaban J connectivity index is 2.70. The van der Waals surface area contributed by atoms with Crippen molar-refractivity contribution in [3.05, 3.63) is 42.0 Å². The van der Waals surface area contributed by atoms with E-state index in [1.807, 2.05) is 30.3 Å². The lowest BCUT2D eigenvalue weighted by atomic mass is 10.0. The molecule has 0 spiro atoms. The van der Waals surface area contributed by atoms with E-state index in [1.165, 1.54) is 0 Å². The van der Waals surface area contributed by atoms with Gasteiger partial charge in [0.2, 0.25) is 5.91 Å². The van der Waals surface area contributed by atoms with Gasteiger partial charge in [-0.25, -0.2) is 0 Å². The molecular weight excluding hydrogens is 210 g/mol. The third kappa shape index (κ3) is 4.85. The van der Waals surface area contributed by atoms with Crippen LogP contribution in [0.15, 0.2) is 36.4 Å². The Kier molecular flexibility index (Phi) is 5.47. The molecule has 17 heavy (non-hydrogen) atoms. The van der Waals surface area contributed by atoms with Gasteiger partial charge in [-0.1, -0.05) is 51.1 Å². The summed E-state index contributed by atoms with van der Waals surface area (Å²) in [6.45, 7) is 6.96. The van der Waals surface area contributed by atoms with Gasteiger partial charge in [-0.15, -0.1) is 0 Å². The van der Waals surface area contributed by atoms with Gasteiger partial charge in [-0.05, 0) is 23.5 Å². The number of carbonyl (C=O) groups excluding carboxylic acids is 1. The summed E-state index contributed by atoms with van der Waals surface area (Å²) in [4.78, 5) is 11.7. The largest absolute Gasteiger partial charge is 0.352 e. The minimum Gasteiger partial charge on any atom is -0.352 e. The molecule has 0 saturated heterocycles. The minimum atomic E-state index is -0.000553. The molecule has 0 radical (unpaired) electrons. The Morgan fingerprint density at radius 3 is 2.47 bits per heavy atom. The lowest BCUT2D eigenvalue weighted by molar-refractivity contribution is -0.116. The van der Waals surface area contributed by atoms with Crippen LogP contribution in [0.3, 0.4) is 0 Å². The fourth-order valence-corrected chi connectivity index (χ4v) is 1.56. The van der Waals surface area contributed by atoms with E-state index in [9.17, 15) is 4.79 Å². The summed E-state index contributed by atoms with van der Waals surface area (Å²) in [6, 6.07) is 10.0. The molecule has 0 aromatic heterocycles. The fraction of sp³-hybridized carbons (Fsp3) is 0.400. The van der Waals surface area contributed by atoms with Crippen molar-refractivity contribution in [1.29, 1.82) is 0 Å². The number of nitrogens with one attached hydrogen (secondary N) is 1. The van der Waals surface area contributed by atoms with Crippen molar-refractivity contribution < 1.29 is 4.79 Å². The van der Waals surface area contributed by atoms with Crippen molar-refractivity contribution >= 4 is 11.5 Å². The van der Waals surface area contributed by atoms with Gasteiger partial charge in [0.25, 0.3) is 0 Å². The number of hydrogen-bond acceptors (Lipinski definition) is 1. The molecule has 1 rings (SSSR count). The predicted octanol–water partition coefficient (Wildman–Crippen LogP) is 3.25. The van der Waals surface area contributed by atoms with Crippen LogP contribution in [0.2, 0.25) is 0 Å². The monoisotopic (exact) mass is 231 g/mol. The van der Waals surface area contributed by atoms with Crippen LogP contribution in [0.1, 0.15) is 32.8 Å². The smallest absolute Gasteiger partial charge is 0.244 e. The average Bonchev–Trinajstić information content (AvgIpc) is 2.34. The van der Waals surface area contributed by atoms with Crippen LogP contribution >= 0.6 is 0 Å². The van der Waals surface area contributed by atoms with Gasteiger partial charge in [0, 0.05) is 12.6 Å². The third-order valence-electron chi connectivity index (χ3n) is 2.52. The van der Waals surface area contributed by atoms with Crippen LogP contribution in [0.25, 0.3) is 5.57 Å². The van der Waals surface area contributed by atoms with Gasteiger partial charge in [-0.2, -0.15) is 0 Å². The second-order valence-corrected chi connectivity index (χ2v) is 4.53. The molecule has 2 nitrogen and oxygen atoms in total. The first-order chi connectivity index (χ1) is 8.13. The molecule has 0 saturated carbocycles. The number of amides is 1. The van der Waals surface area contributed by atoms with Crippen LogP contribution in [0.4, 0.5) is 0 Å². The Morgan fingerprint density at radius 1 is 1.29 bits per heavy atom. The van der Waals surface area contributed by atoms with E-state index in [0.29, 0.717) is 5.92 Å². The highest BCUT2D eigenvalue weighted by Crippen LogP contribution is 2.16. The van der Waals surface area contributed by atoms with E-state index in [4.69, 9.17) is 0 Å². The first-order valence-corrected chi connectivity index (χ1v) is 6.17. The molecule has 0 fully saturated rings. The van der Waals surface area contributed by atoms with Crippen LogP contribution < -0.4 is 5.32 Å². The van der Waals surface area contributed by atoms with Crippen molar-refractivity contribution in [2.45, 2.75) is 27.2 Å². The molecule has 1 N–H and O–H groups in total.